The molecule has 3 unspecified atom stereocenters. The molecular formula is C27H48O4. The third-order valence-corrected chi connectivity index (χ3v) is 8.29. The van der Waals surface area contributed by atoms with Gasteiger partial charge in [0.15, 0.2) is 0 Å². The average Bonchev–Trinajstić information content (AvgIpc) is 3.27. The summed E-state index contributed by atoms with van der Waals surface area (Å²) in [6, 6.07) is 0. The Hall–Kier alpha value is -1.06. The topological polar surface area (TPSA) is 52.6 Å². The van der Waals surface area contributed by atoms with Gasteiger partial charge in [-0.25, -0.2) is 0 Å². The van der Waals surface area contributed by atoms with E-state index in [2.05, 4.69) is 27.7 Å². The van der Waals surface area contributed by atoms with E-state index in [0.717, 1.165) is 44.9 Å². The molecule has 4 nitrogen and oxygen atoms in total. The second kappa shape index (κ2) is 11.2. The van der Waals surface area contributed by atoms with Crippen molar-refractivity contribution in [2.45, 2.75) is 130 Å². The molecule has 0 amide bonds. The van der Waals surface area contributed by atoms with Crippen molar-refractivity contribution in [3.63, 3.8) is 0 Å². The molecule has 0 spiro atoms. The molecule has 0 N–H and O–H groups in total. The van der Waals surface area contributed by atoms with Gasteiger partial charge in [-0.2, -0.15) is 0 Å². The summed E-state index contributed by atoms with van der Waals surface area (Å²) in [5.41, 5.74) is -0.726. The molecule has 2 saturated carbocycles. The Morgan fingerprint density at radius 2 is 1.42 bits per heavy atom. The van der Waals surface area contributed by atoms with Crippen LogP contribution in [0.4, 0.5) is 0 Å². The van der Waals surface area contributed by atoms with Crippen molar-refractivity contribution < 1.29 is 19.1 Å². The quantitative estimate of drug-likeness (QED) is 0.343. The van der Waals surface area contributed by atoms with Gasteiger partial charge in [0.05, 0.1) is 11.8 Å². The maximum atomic E-state index is 12.9. The van der Waals surface area contributed by atoms with E-state index in [1.807, 2.05) is 20.8 Å². The van der Waals surface area contributed by atoms with Gasteiger partial charge in [0.1, 0.15) is 11.2 Å². The summed E-state index contributed by atoms with van der Waals surface area (Å²) in [6.07, 6.45) is 11.9. The minimum absolute atomic E-state index is 0.0393. The molecule has 180 valence electrons. The van der Waals surface area contributed by atoms with E-state index >= 15 is 0 Å². The molecular weight excluding hydrogens is 388 g/mol. The summed E-state index contributed by atoms with van der Waals surface area (Å²) in [4.78, 5) is 25.3. The maximum absolute atomic E-state index is 12.9. The second-order valence-corrected chi connectivity index (χ2v) is 11.2. The molecule has 0 saturated heterocycles. The zero-order valence-corrected chi connectivity index (χ0v) is 21.3. The van der Waals surface area contributed by atoms with E-state index in [9.17, 15) is 9.59 Å². The number of hydrogen-bond acceptors (Lipinski definition) is 4. The first-order chi connectivity index (χ1) is 14.5. The molecule has 0 aliphatic heterocycles. The van der Waals surface area contributed by atoms with Crippen LogP contribution in [0.25, 0.3) is 0 Å². The van der Waals surface area contributed by atoms with Gasteiger partial charge in [-0.3, -0.25) is 9.59 Å². The van der Waals surface area contributed by atoms with E-state index in [1.54, 1.807) is 0 Å². The van der Waals surface area contributed by atoms with Crippen LogP contribution in [0.5, 0.6) is 0 Å². The van der Waals surface area contributed by atoms with Crippen LogP contribution in [0, 0.1) is 29.6 Å². The Bertz CT molecular complexity index is 584. The van der Waals surface area contributed by atoms with Crippen molar-refractivity contribution in [2.24, 2.45) is 29.6 Å². The number of carbonyl (C=O) groups is 2. The van der Waals surface area contributed by atoms with Crippen LogP contribution >= 0.6 is 0 Å². The summed E-state index contributed by atoms with van der Waals surface area (Å²) in [6.45, 7) is 14.3. The molecule has 0 bridgehead atoms. The van der Waals surface area contributed by atoms with E-state index in [-0.39, 0.29) is 35.0 Å². The van der Waals surface area contributed by atoms with Crippen molar-refractivity contribution in [1.82, 2.24) is 0 Å². The van der Waals surface area contributed by atoms with Crippen LogP contribution in [0.15, 0.2) is 0 Å². The van der Waals surface area contributed by atoms with Gasteiger partial charge >= 0.3 is 11.9 Å². The molecule has 31 heavy (non-hydrogen) atoms. The SMILES string of the molecule is CCC(CC)(OC(=O)C(C)C)C1CCCC(CC(C)C(=O)OC(C)(C)C2CCCC2)C1. The lowest BCUT2D eigenvalue weighted by molar-refractivity contribution is -0.174. The average molecular weight is 437 g/mol. The summed E-state index contributed by atoms with van der Waals surface area (Å²) in [5, 5.41) is 0. The molecule has 0 radical (unpaired) electrons. The zero-order chi connectivity index (χ0) is 23.2. The Kier molecular flexibility index (Phi) is 9.45. The minimum Gasteiger partial charge on any atom is -0.459 e. The van der Waals surface area contributed by atoms with Crippen molar-refractivity contribution in [2.75, 3.05) is 0 Å². The highest BCUT2D eigenvalue weighted by molar-refractivity contribution is 5.72. The zero-order valence-electron chi connectivity index (χ0n) is 21.3. The van der Waals surface area contributed by atoms with Crippen LogP contribution in [0.3, 0.4) is 0 Å². The molecule has 2 aliphatic rings. The van der Waals surface area contributed by atoms with E-state index in [4.69, 9.17) is 9.47 Å². The van der Waals surface area contributed by atoms with Crippen LogP contribution in [-0.2, 0) is 19.1 Å². The van der Waals surface area contributed by atoms with Gasteiger partial charge in [0, 0.05) is 0 Å². The Morgan fingerprint density at radius 1 is 0.839 bits per heavy atom. The van der Waals surface area contributed by atoms with Crippen LogP contribution in [0.2, 0.25) is 0 Å². The van der Waals surface area contributed by atoms with Crippen LogP contribution in [0.1, 0.15) is 119 Å². The fraction of sp³-hybridized carbons (Fsp3) is 0.926. The number of ether oxygens (including phenoxy) is 2. The number of carbonyl (C=O) groups excluding carboxylic acids is 2. The van der Waals surface area contributed by atoms with Crippen molar-refractivity contribution >= 4 is 11.9 Å². The summed E-state index contributed by atoms with van der Waals surface area (Å²) in [5.74, 6) is 1.05. The fourth-order valence-corrected chi connectivity index (χ4v) is 6.02. The predicted octanol–water partition coefficient (Wildman–Crippen LogP) is 7.09. The normalized spacial score (nSPS) is 24.3. The summed E-state index contributed by atoms with van der Waals surface area (Å²) >= 11 is 0. The van der Waals surface area contributed by atoms with E-state index in [1.165, 1.54) is 25.7 Å². The smallest absolute Gasteiger partial charge is 0.309 e. The standard InChI is InChI=1S/C27H48O4/c1-8-27(9-2,31-24(28)19(3)4)23-16-12-13-21(18-23)17-20(5)25(29)30-26(6,7)22-14-10-11-15-22/h19-23H,8-18H2,1-7H3. The molecule has 2 fully saturated rings. The molecule has 0 heterocycles. The van der Waals surface area contributed by atoms with Crippen molar-refractivity contribution in [3.05, 3.63) is 0 Å². The molecule has 0 aromatic carbocycles. The molecule has 0 aromatic heterocycles. The second-order valence-electron chi connectivity index (χ2n) is 11.2. The number of rotatable bonds is 10. The Balaban J connectivity index is 1.97. The first-order valence-electron chi connectivity index (χ1n) is 13.0. The first-order valence-corrected chi connectivity index (χ1v) is 13.0. The van der Waals surface area contributed by atoms with Crippen LogP contribution in [-0.4, -0.2) is 23.1 Å². The lowest BCUT2D eigenvalue weighted by Crippen LogP contribution is -2.45. The monoisotopic (exact) mass is 436 g/mol. The number of esters is 2. The highest BCUT2D eigenvalue weighted by Crippen LogP contribution is 2.44. The predicted molar refractivity (Wildman–Crippen MR) is 126 cm³/mol. The third kappa shape index (κ3) is 6.71. The summed E-state index contributed by atoms with van der Waals surface area (Å²) < 4.78 is 12.2. The first kappa shape index (κ1) is 26.2. The maximum Gasteiger partial charge on any atom is 0.309 e. The minimum atomic E-state index is -0.367. The van der Waals surface area contributed by atoms with Crippen molar-refractivity contribution in [1.29, 1.82) is 0 Å². The fourth-order valence-electron chi connectivity index (χ4n) is 6.02. The van der Waals surface area contributed by atoms with Gasteiger partial charge < -0.3 is 9.47 Å². The largest absolute Gasteiger partial charge is 0.459 e. The highest BCUT2D eigenvalue weighted by Gasteiger charge is 2.43. The molecule has 0 aromatic rings. The molecule has 2 rings (SSSR count). The lowest BCUT2D eigenvalue weighted by atomic mass is 9.69. The Morgan fingerprint density at radius 3 is 1.97 bits per heavy atom. The molecule has 3 atom stereocenters. The highest BCUT2D eigenvalue weighted by atomic mass is 16.6. The number of hydrogen-bond donors (Lipinski definition) is 0. The third-order valence-electron chi connectivity index (χ3n) is 8.29. The lowest BCUT2D eigenvalue weighted by Gasteiger charge is -2.44. The molecule has 2 aliphatic carbocycles. The summed E-state index contributed by atoms with van der Waals surface area (Å²) in [7, 11) is 0. The van der Waals surface area contributed by atoms with Gasteiger partial charge in [-0.15, -0.1) is 0 Å². The van der Waals surface area contributed by atoms with E-state index < -0.39 is 0 Å². The van der Waals surface area contributed by atoms with Crippen LogP contribution < -0.4 is 0 Å². The van der Waals surface area contributed by atoms with Gasteiger partial charge in [0.25, 0.3) is 0 Å². The van der Waals surface area contributed by atoms with E-state index in [0.29, 0.717) is 17.8 Å². The van der Waals surface area contributed by atoms with Gasteiger partial charge in [0.2, 0.25) is 0 Å². The van der Waals surface area contributed by atoms with Gasteiger partial charge in [-0.05, 0) is 76.5 Å². The van der Waals surface area contributed by atoms with Gasteiger partial charge in [-0.1, -0.05) is 60.3 Å². The Labute approximate surface area is 191 Å². The van der Waals surface area contributed by atoms with Crippen molar-refractivity contribution in [3.8, 4) is 0 Å². The molecule has 4 heteroatoms.